The average molecular weight is 316 g/mol. The molecule has 0 amide bonds. The summed E-state index contributed by atoms with van der Waals surface area (Å²) >= 11 is 0. The molecule has 1 rings (SSSR count). The molecule has 0 unspecified atom stereocenters. The fourth-order valence-corrected chi connectivity index (χ4v) is 3.53. The van der Waals surface area contributed by atoms with E-state index in [4.69, 9.17) is 10.5 Å². The minimum Gasteiger partial charge on any atom is -0.495 e. The third-order valence-electron chi connectivity index (χ3n) is 2.78. The first-order valence-corrected chi connectivity index (χ1v) is 8.85. The van der Waals surface area contributed by atoms with Gasteiger partial charge in [-0.15, -0.1) is 0 Å². The number of nitrogen functional groups attached to an aromatic ring is 1. The van der Waals surface area contributed by atoms with Crippen LogP contribution in [0.4, 0.5) is 5.69 Å². The van der Waals surface area contributed by atoms with Gasteiger partial charge in [0.25, 0.3) is 0 Å². The van der Waals surface area contributed by atoms with Crippen LogP contribution in [0.15, 0.2) is 23.1 Å². The van der Waals surface area contributed by atoms with E-state index >= 15 is 0 Å². The van der Waals surface area contributed by atoms with Crippen molar-refractivity contribution in [3.63, 3.8) is 0 Å². The quantitative estimate of drug-likeness (QED) is 0.784. The van der Waals surface area contributed by atoms with E-state index in [2.05, 4.69) is 0 Å². The molecule has 6 heteroatoms. The molecule has 21 heavy (non-hydrogen) atoms. The molecule has 0 atom stereocenters. The zero-order chi connectivity index (χ0) is 16.5. The Morgan fingerprint density at radius 3 is 2.05 bits per heavy atom. The normalized spacial score (nSPS) is 11.0. The lowest BCUT2D eigenvalue weighted by Gasteiger charge is -2.21. The molecule has 0 spiro atoms. The topological polar surface area (TPSA) is 72.6 Å². The van der Waals surface area contributed by atoms with E-state index in [0.29, 0.717) is 24.5 Å². The second kappa shape index (κ2) is 9.63. The minimum atomic E-state index is -3.48. The second-order valence-electron chi connectivity index (χ2n) is 4.31. The van der Waals surface area contributed by atoms with Crippen molar-refractivity contribution in [1.29, 1.82) is 0 Å². The lowest BCUT2D eigenvalue weighted by atomic mass is 10.3. The largest absolute Gasteiger partial charge is 0.495 e. The number of hydrogen-bond donors (Lipinski definition) is 1. The molecule has 2 N–H and O–H groups in total. The summed E-state index contributed by atoms with van der Waals surface area (Å²) in [7, 11) is -1.97. The number of rotatable bonds is 7. The Kier molecular flexibility index (Phi) is 9.05. The highest BCUT2D eigenvalue weighted by Crippen LogP contribution is 2.26. The molecule has 0 radical (unpaired) electrons. The Morgan fingerprint density at radius 1 is 1.14 bits per heavy atom. The highest BCUT2D eigenvalue weighted by atomic mass is 32.2. The van der Waals surface area contributed by atoms with Crippen LogP contribution in [0.25, 0.3) is 0 Å². The standard InChI is InChI=1S/C13H22N2O3S.C2H6/c1-4-8-15(9-5-2)19(16,17)11-6-7-13(18-3)12(14)10-11;1-2/h6-7,10H,4-5,8-9,14H2,1-3H3;1-2H3. The van der Waals surface area contributed by atoms with E-state index in [1.165, 1.54) is 23.5 Å². The molecule has 0 aliphatic heterocycles. The van der Waals surface area contributed by atoms with Crippen molar-refractivity contribution in [1.82, 2.24) is 4.31 Å². The number of benzene rings is 1. The smallest absolute Gasteiger partial charge is 0.243 e. The predicted molar refractivity (Wildman–Crippen MR) is 88.1 cm³/mol. The predicted octanol–water partition coefficient (Wildman–Crippen LogP) is 3.11. The average Bonchev–Trinajstić information content (AvgIpc) is 2.49. The van der Waals surface area contributed by atoms with Crippen molar-refractivity contribution in [2.24, 2.45) is 0 Å². The van der Waals surface area contributed by atoms with Crippen LogP contribution < -0.4 is 10.5 Å². The molecule has 0 aliphatic carbocycles. The number of ether oxygens (including phenoxy) is 1. The van der Waals surface area contributed by atoms with Crippen LogP contribution in [0.2, 0.25) is 0 Å². The molecule has 0 heterocycles. The molecule has 0 fully saturated rings. The summed E-state index contributed by atoms with van der Waals surface area (Å²) in [6.45, 7) is 8.95. The molecule has 1 aromatic rings. The molecular weight excluding hydrogens is 288 g/mol. The van der Waals surface area contributed by atoms with Crippen LogP contribution >= 0.6 is 0 Å². The first kappa shape index (κ1) is 19.7. The molecule has 0 aromatic heterocycles. The summed E-state index contributed by atoms with van der Waals surface area (Å²) < 4.78 is 31.5. The molecule has 1 aromatic carbocycles. The monoisotopic (exact) mass is 316 g/mol. The number of anilines is 1. The van der Waals surface area contributed by atoms with E-state index in [0.717, 1.165) is 12.8 Å². The van der Waals surface area contributed by atoms with Crippen molar-refractivity contribution < 1.29 is 13.2 Å². The summed E-state index contributed by atoms with van der Waals surface area (Å²) in [5.74, 6) is 0.483. The van der Waals surface area contributed by atoms with Crippen molar-refractivity contribution in [2.75, 3.05) is 25.9 Å². The maximum Gasteiger partial charge on any atom is 0.243 e. The molecule has 0 saturated heterocycles. The maximum atomic E-state index is 12.5. The molecule has 5 nitrogen and oxygen atoms in total. The van der Waals surface area contributed by atoms with Crippen LogP contribution in [0, 0.1) is 0 Å². The molecule has 122 valence electrons. The van der Waals surface area contributed by atoms with Crippen molar-refractivity contribution >= 4 is 15.7 Å². The molecular formula is C15H28N2O3S. The lowest BCUT2D eigenvalue weighted by Crippen LogP contribution is -2.32. The van der Waals surface area contributed by atoms with Gasteiger partial charge >= 0.3 is 0 Å². The van der Waals surface area contributed by atoms with Gasteiger partial charge in [0.05, 0.1) is 17.7 Å². The molecule has 0 bridgehead atoms. The first-order chi connectivity index (χ1) is 9.97. The van der Waals surface area contributed by atoms with Crippen LogP contribution in [0.5, 0.6) is 5.75 Å². The Labute approximate surface area is 129 Å². The van der Waals surface area contributed by atoms with Crippen molar-refractivity contribution in [3.05, 3.63) is 18.2 Å². The Morgan fingerprint density at radius 2 is 1.67 bits per heavy atom. The van der Waals surface area contributed by atoms with E-state index in [-0.39, 0.29) is 4.90 Å². The highest BCUT2D eigenvalue weighted by Gasteiger charge is 2.23. The van der Waals surface area contributed by atoms with Crippen LogP contribution in [0.3, 0.4) is 0 Å². The van der Waals surface area contributed by atoms with E-state index in [9.17, 15) is 8.42 Å². The summed E-state index contributed by atoms with van der Waals surface area (Å²) in [6.07, 6.45) is 1.57. The maximum absolute atomic E-state index is 12.5. The number of hydrogen-bond acceptors (Lipinski definition) is 4. The number of sulfonamides is 1. The SMILES string of the molecule is CC.CCCN(CCC)S(=O)(=O)c1ccc(OC)c(N)c1. The number of nitrogens with two attached hydrogens (primary N) is 1. The van der Waals surface area contributed by atoms with E-state index in [1.807, 2.05) is 27.7 Å². The van der Waals surface area contributed by atoms with Crippen LogP contribution in [0.1, 0.15) is 40.5 Å². The highest BCUT2D eigenvalue weighted by molar-refractivity contribution is 7.89. The minimum absolute atomic E-state index is 0.215. The molecule has 0 saturated carbocycles. The fourth-order valence-electron chi connectivity index (χ4n) is 1.87. The van der Waals surface area contributed by atoms with Gasteiger partial charge in [-0.3, -0.25) is 0 Å². The Hall–Kier alpha value is -1.27. The third kappa shape index (κ3) is 5.21. The van der Waals surface area contributed by atoms with E-state index < -0.39 is 10.0 Å². The van der Waals surface area contributed by atoms with Gasteiger partial charge in [0.2, 0.25) is 10.0 Å². The van der Waals surface area contributed by atoms with Gasteiger partial charge in [-0.05, 0) is 31.0 Å². The van der Waals surface area contributed by atoms with Crippen LogP contribution in [-0.4, -0.2) is 32.9 Å². The van der Waals surface area contributed by atoms with Gasteiger partial charge < -0.3 is 10.5 Å². The zero-order valence-electron chi connectivity index (χ0n) is 13.7. The van der Waals surface area contributed by atoms with Gasteiger partial charge in [-0.2, -0.15) is 4.31 Å². The van der Waals surface area contributed by atoms with Crippen molar-refractivity contribution in [2.45, 2.75) is 45.4 Å². The fraction of sp³-hybridized carbons (Fsp3) is 0.600. The zero-order valence-corrected chi connectivity index (χ0v) is 14.5. The lowest BCUT2D eigenvalue weighted by molar-refractivity contribution is 0.408. The van der Waals surface area contributed by atoms with Gasteiger partial charge in [-0.25, -0.2) is 8.42 Å². The van der Waals surface area contributed by atoms with Crippen molar-refractivity contribution in [3.8, 4) is 5.75 Å². The summed E-state index contributed by atoms with van der Waals surface area (Å²) in [6, 6.07) is 4.56. The van der Waals surface area contributed by atoms with Crippen LogP contribution in [-0.2, 0) is 10.0 Å². The summed E-state index contributed by atoms with van der Waals surface area (Å²) in [5, 5.41) is 0. The Bertz CT molecular complexity index is 510. The second-order valence-corrected chi connectivity index (χ2v) is 6.25. The van der Waals surface area contributed by atoms with Gasteiger partial charge in [0.1, 0.15) is 5.75 Å². The number of nitrogens with zero attached hydrogens (tertiary/aromatic N) is 1. The Balaban J connectivity index is 0.00000191. The first-order valence-electron chi connectivity index (χ1n) is 7.41. The van der Waals surface area contributed by atoms with Gasteiger partial charge in [-0.1, -0.05) is 27.7 Å². The molecule has 0 aliphatic rings. The van der Waals surface area contributed by atoms with Gasteiger partial charge in [0, 0.05) is 13.1 Å². The summed E-state index contributed by atoms with van der Waals surface area (Å²) in [5.41, 5.74) is 6.10. The summed E-state index contributed by atoms with van der Waals surface area (Å²) in [4.78, 5) is 0.215. The van der Waals surface area contributed by atoms with E-state index in [1.54, 1.807) is 6.07 Å². The van der Waals surface area contributed by atoms with Gasteiger partial charge in [0.15, 0.2) is 0 Å². The third-order valence-corrected chi connectivity index (χ3v) is 4.68. The number of methoxy groups -OCH3 is 1.